The summed E-state index contributed by atoms with van der Waals surface area (Å²) < 4.78 is 20.1. The van der Waals surface area contributed by atoms with Crippen LogP contribution in [0.3, 0.4) is 0 Å². The van der Waals surface area contributed by atoms with E-state index in [-0.39, 0.29) is 6.04 Å². The summed E-state index contributed by atoms with van der Waals surface area (Å²) in [6, 6.07) is 5.05. The maximum Gasteiger partial charge on any atom is 0.136 e. The molecule has 1 aliphatic heterocycles. The van der Waals surface area contributed by atoms with Crippen molar-refractivity contribution in [3.05, 3.63) is 33.8 Å². The smallest absolute Gasteiger partial charge is 0.136 e. The van der Waals surface area contributed by atoms with Gasteiger partial charge in [0.15, 0.2) is 0 Å². The molecule has 1 aliphatic rings. The molecule has 0 amide bonds. The Labute approximate surface area is 116 Å². The van der Waals surface area contributed by atoms with Gasteiger partial charge in [0.25, 0.3) is 0 Å². The summed E-state index contributed by atoms with van der Waals surface area (Å²) in [6.45, 7) is 3.49. The van der Waals surface area contributed by atoms with Gasteiger partial charge < -0.3 is 10.1 Å². The van der Waals surface area contributed by atoms with E-state index in [1.165, 1.54) is 6.92 Å². The van der Waals surface area contributed by atoms with Gasteiger partial charge in [-0.05, 0) is 13.0 Å². The average molecular weight is 292 g/mol. The highest BCUT2D eigenvalue weighted by atomic mass is 35.5. The summed E-state index contributed by atoms with van der Waals surface area (Å²) in [5.41, 5.74) is -1.09. The first kappa shape index (κ1) is 14.1. The average Bonchev–Trinajstić information content (AvgIpc) is 2.33. The number of morpholine rings is 1. The second kappa shape index (κ2) is 5.74. The molecule has 0 radical (unpaired) electrons. The third kappa shape index (κ3) is 3.15. The Morgan fingerprint density at radius 1 is 1.50 bits per heavy atom. The second-order valence-electron chi connectivity index (χ2n) is 4.73. The van der Waals surface area contributed by atoms with Crippen LogP contribution in [0, 0.1) is 0 Å². The normalized spacial score (nSPS) is 23.7. The van der Waals surface area contributed by atoms with Crippen LogP contribution in [0.1, 0.15) is 18.9 Å². The van der Waals surface area contributed by atoms with Crippen molar-refractivity contribution < 1.29 is 9.13 Å². The predicted molar refractivity (Wildman–Crippen MR) is 72.1 cm³/mol. The maximum absolute atomic E-state index is 14.8. The summed E-state index contributed by atoms with van der Waals surface area (Å²) in [7, 11) is 0. The summed E-state index contributed by atoms with van der Waals surface area (Å²) in [5, 5.41) is 3.91. The van der Waals surface area contributed by atoms with Crippen LogP contribution < -0.4 is 5.32 Å². The first-order chi connectivity index (χ1) is 8.50. The van der Waals surface area contributed by atoms with Crippen LogP contribution in [0.4, 0.5) is 4.39 Å². The van der Waals surface area contributed by atoms with Gasteiger partial charge in [0.2, 0.25) is 0 Å². The zero-order chi connectivity index (χ0) is 13.2. The second-order valence-corrected chi connectivity index (χ2v) is 5.51. The molecule has 1 saturated heterocycles. The van der Waals surface area contributed by atoms with Crippen LogP contribution in [0.25, 0.3) is 0 Å². The molecule has 100 valence electrons. The van der Waals surface area contributed by atoms with Crippen LogP contribution in [0.5, 0.6) is 0 Å². The Morgan fingerprint density at radius 2 is 2.28 bits per heavy atom. The van der Waals surface area contributed by atoms with Gasteiger partial charge >= 0.3 is 0 Å². The molecule has 2 rings (SSSR count). The number of benzene rings is 1. The number of nitrogens with one attached hydrogen (secondary N) is 1. The Morgan fingerprint density at radius 3 is 2.94 bits per heavy atom. The van der Waals surface area contributed by atoms with Gasteiger partial charge in [-0.1, -0.05) is 35.3 Å². The molecule has 2 nitrogen and oxygen atoms in total. The fourth-order valence-corrected chi connectivity index (χ4v) is 2.73. The first-order valence-corrected chi connectivity index (χ1v) is 6.71. The molecule has 0 saturated carbocycles. The largest absolute Gasteiger partial charge is 0.379 e. The minimum atomic E-state index is -1.53. The summed E-state index contributed by atoms with van der Waals surface area (Å²) in [6.07, 6.45) is 0.313. The number of ether oxygens (including phenoxy) is 1. The maximum atomic E-state index is 14.8. The topological polar surface area (TPSA) is 21.3 Å². The number of hydrogen-bond acceptors (Lipinski definition) is 2. The molecule has 0 bridgehead atoms. The Balaban J connectivity index is 2.16. The SMILES string of the molecule is CC(F)(CC1COCCN1)c1cccc(Cl)c1Cl. The van der Waals surface area contributed by atoms with Gasteiger partial charge in [0.05, 0.1) is 23.3 Å². The van der Waals surface area contributed by atoms with Crippen molar-refractivity contribution in [3.63, 3.8) is 0 Å². The highest BCUT2D eigenvalue weighted by molar-refractivity contribution is 6.42. The molecular weight excluding hydrogens is 276 g/mol. The lowest BCUT2D eigenvalue weighted by Gasteiger charge is -2.30. The van der Waals surface area contributed by atoms with Crippen LogP contribution in [0.2, 0.25) is 10.0 Å². The van der Waals surface area contributed by atoms with E-state index in [1.807, 2.05) is 0 Å². The molecule has 18 heavy (non-hydrogen) atoms. The number of alkyl halides is 1. The van der Waals surface area contributed by atoms with Crippen LogP contribution in [-0.2, 0) is 10.4 Å². The van der Waals surface area contributed by atoms with E-state index in [1.54, 1.807) is 18.2 Å². The molecule has 0 aromatic heterocycles. The highest BCUT2D eigenvalue weighted by Crippen LogP contribution is 2.38. The Hall–Kier alpha value is -0.350. The lowest BCUT2D eigenvalue weighted by molar-refractivity contribution is 0.0475. The minimum absolute atomic E-state index is 0.00352. The lowest BCUT2D eigenvalue weighted by Crippen LogP contribution is -2.44. The third-order valence-corrected chi connectivity index (χ3v) is 3.96. The van der Waals surface area contributed by atoms with E-state index >= 15 is 0 Å². The molecule has 0 aliphatic carbocycles. The molecular formula is C13H16Cl2FNO. The van der Waals surface area contributed by atoms with E-state index in [2.05, 4.69) is 5.32 Å². The predicted octanol–water partition coefficient (Wildman–Crippen LogP) is 3.56. The van der Waals surface area contributed by atoms with E-state index in [9.17, 15) is 4.39 Å². The van der Waals surface area contributed by atoms with E-state index < -0.39 is 5.67 Å². The Kier molecular flexibility index (Phi) is 4.49. The van der Waals surface area contributed by atoms with Crippen molar-refractivity contribution in [1.29, 1.82) is 0 Å². The van der Waals surface area contributed by atoms with Gasteiger partial charge in [0, 0.05) is 24.6 Å². The molecule has 1 fully saturated rings. The number of halogens is 3. The minimum Gasteiger partial charge on any atom is -0.379 e. The molecule has 1 N–H and O–H groups in total. The summed E-state index contributed by atoms with van der Waals surface area (Å²) >= 11 is 12.0. The molecule has 1 aromatic carbocycles. The van der Waals surface area contributed by atoms with E-state index in [0.717, 1.165) is 6.54 Å². The Bertz CT molecular complexity index is 419. The van der Waals surface area contributed by atoms with Gasteiger partial charge in [-0.3, -0.25) is 0 Å². The molecule has 1 heterocycles. The van der Waals surface area contributed by atoms with Crippen molar-refractivity contribution in [1.82, 2.24) is 5.32 Å². The summed E-state index contributed by atoms with van der Waals surface area (Å²) in [4.78, 5) is 0. The molecule has 0 spiro atoms. The fraction of sp³-hybridized carbons (Fsp3) is 0.538. The standard InChI is InChI=1S/C13H16Cl2FNO/c1-13(16,7-9-8-18-6-5-17-9)10-3-2-4-11(14)12(10)15/h2-4,9,17H,5-8H2,1H3. The fourth-order valence-electron chi connectivity index (χ4n) is 2.23. The van der Waals surface area contributed by atoms with Crippen molar-refractivity contribution in [2.24, 2.45) is 0 Å². The molecule has 5 heteroatoms. The number of rotatable bonds is 3. The van der Waals surface area contributed by atoms with Gasteiger partial charge in [-0.15, -0.1) is 0 Å². The van der Waals surface area contributed by atoms with Crippen molar-refractivity contribution in [3.8, 4) is 0 Å². The monoisotopic (exact) mass is 291 g/mol. The van der Waals surface area contributed by atoms with Crippen LogP contribution >= 0.6 is 23.2 Å². The van der Waals surface area contributed by atoms with E-state index in [0.29, 0.717) is 35.2 Å². The zero-order valence-electron chi connectivity index (χ0n) is 10.2. The van der Waals surface area contributed by atoms with Crippen molar-refractivity contribution in [2.75, 3.05) is 19.8 Å². The molecule has 1 aromatic rings. The van der Waals surface area contributed by atoms with Crippen molar-refractivity contribution >= 4 is 23.2 Å². The molecule has 2 atom stereocenters. The quantitative estimate of drug-likeness (QED) is 0.919. The van der Waals surface area contributed by atoms with Crippen LogP contribution in [-0.4, -0.2) is 25.8 Å². The third-order valence-electron chi connectivity index (χ3n) is 3.14. The number of hydrogen-bond donors (Lipinski definition) is 1. The van der Waals surface area contributed by atoms with Crippen molar-refractivity contribution in [2.45, 2.75) is 25.1 Å². The summed E-state index contributed by atoms with van der Waals surface area (Å²) in [5.74, 6) is 0. The first-order valence-electron chi connectivity index (χ1n) is 5.95. The molecule has 2 unspecified atom stereocenters. The van der Waals surface area contributed by atoms with E-state index in [4.69, 9.17) is 27.9 Å². The lowest BCUT2D eigenvalue weighted by atomic mass is 9.90. The van der Waals surface area contributed by atoms with Crippen LogP contribution in [0.15, 0.2) is 18.2 Å². The zero-order valence-corrected chi connectivity index (χ0v) is 11.7. The van der Waals surface area contributed by atoms with Gasteiger partial charge in [-0.2, -0.15) is 0 Å². The van der Waals surface area contributed by atoms with Gasteiger partial charge in [0.1, 0.15) is 5.67 Å². The van der Waals surface area contributed by atoms with Gasteiger partial charge in [-0.25, -0.2) is 4.39 Å². The highest BCUT2D eigenvalue weighted by Gasteiger charge is 2.33.